The van der Waals surface area contributed by atoms with Gasteiger partial charge in [0.15, 0.2) is 18.1 Å². The van der Waals surface area contributed by atoms with Crippen LogP contribution in [0.4, 0.5) is 16.2 Å². The van der Waals surface area contributed by atoms with Crippen LogP contribution in [0.3, 0.4) is 0 Å². The molecule has 0 aromatic heterocycles. The van der Waals surface area contributed by atoms with Gasteiger partial charge in [0, 0.05) is 5.69 Å². The number of carbonyl (C=O) groups is 4. The molecule has 3 aromatic carbocycles. The fraction of sp³-hybridized carbons (Fsp3) is 0.172. The minimum absolute atomic E-state index is 0.141. The maximum Gasteiger partial charge on any atom is 0.335 e. The summed E-state index contributed by atoms with van der Waals surface area (Å²) in [5, 5.41) is 5.37. The highest BCUT2D eigenvalue weighted by molar-refractivity contribution is 6.43. The number of urea groups is 1. The molecular formula is C29H25Cl2N3O6. The Balaban J connectivity index is 1.54. The Hall–Kier alpha value is -4.34. The summed E-state index contributed by atoms with van der Waals surface area (Å²) in [5.41, 5.74) is 3.01. The Morgan fingerprint density at radius 3 is 2.48 bits per heavy atom. The molecule has 3 aromatic rings. The highest BCUT2D eigenvalue weighted by Gasteiger charge is 2.37. The Morgan fingerprint density at radius 1 is 0.975 bits per heavy atom. The van der Waals surface area contributed by atoms with Gasteiger partial charge < -0.3 is 14.8 Å². The monoisotopic (exact) mass is 581 g/mol. The van der Waals surface area contributed by atoms with Crippen LogP contribution < -0.4 is 25.0 Å². The van der Waals surface area contributed by atoms with Gasteiger partial charge in [0.25, 0.3) is 17.7 Å². The van der Waals surface area contributed by atoms with E-state index in [9.17, 15) is 19.2 Å². The van der Waals surface area contributed by atoms with Crippen molar-refractivity contribution < 1.29 is 28.7 Å². The van der Waals surface area contributed by atoms with Gasteiger partial charge in [-0.2, -0.15) is 0 Å². The van der Waals surface area contributed by atoms with E-state index in [1.807, 2.05) is 32.0 Å². The fourth-order valence-electron chi connectivity index (χ4n) is 3.90. The van der Waals surface area contributed by atoms with Crippen LogP contribution >= 0.6 is 23.2 Å². The summed E-state index contributed by atoms with van der Waals surface area (Å²) in [4.78, 5) is 51.6. The molecule has 2 N–H and O–H groups in total. The number of ether oxygens (including phenoxy) is 2. The first kappa shape index (κ1) is 28.7. The Bertz CT molecular complexity index is 1550. The van der Waals surface area contributed by atoms with Crippen molar-refractivity contribution in [3.8, 4) is 11.5 Å². The average Bonchev–Trinajstić information content (AvgIpc) is 2.91. The molecule has 0 unspecified atom stereocenters. The van der Waals surface area contributed by atoms with Gasteiger partial charge in [-0.3, -0.25) is 19.7 Å². The van der Waals surface area contributed by atoms with Crippen molar-refractivity contribution in [2.24, 2.45) is 0 Å². The van der Waals surface area contributed by atoms with E-state index in [1.165, 1.54) is 24.3 Å². The number of nitrogens with zero attached hydrogens (tertiary/aromatic N) is 1. The normalized spacial score (nSPS) is 14.3. The van der Waals surface area contributed by atoms with Gasteiger partial charge in [-0.05, 0) is 79.9 Å². The quantitative estimate of drug-likeness (QED) is 0.261. The van der Waals surface area contributed by atoms with Crippen molar-refractivity contribution in [2.75, 3.05) is 23.4 Å². The van der Waals surface area contributed by atoms with Crippen molar-refractivity contribution in [3.05, 3.63) is 86.9 Å². The standard InChI is InChI=1S/C29H25Cl2N3O6/c1-4-39-25-13-18(8-11-24(25)40-15-26(35)32-23-7-5-6-16(2)17(23)3)12-20-27(36)33-29(38)34(28(20)37)19-9-10-21(30)22(31)14-19/h5-14H,4,15H2,1-3H3,(H,32,35)(H,33,36,38)/b20-12-. The molecule has 1 aliphatic heterocycles. The number of imide groups is 2. The number of carbonyl (C=O) groups excluding carboxylic acids is 4. The number of benzene rings is 3. The summed E-state index contributed by atoms with van der Waals surface area (Å²) >= 11 is 12.0. The first-order chi connectivity index (χ1) is 19.1. The summed E-state index contributed by atoms with van der Waals surface area (Å²) < 4.78 is 11.4. The van der Waals surface area contributed by atoms with Gasteiger partial charge in [0.2, 0.25) is 0 Å². The van der Waals surface area contributed by atoms with Gasteiger partial charge in [0.1, 0.15) is 5.57 Å². The van der Waals surface area contributed by atoms with Crippen molar-refractivity contribution in [2.45, 2.75) is 20.8 Å². The van der Waals surface area contributed by atoms with E-state index < -0.39 is 17.8 Å². The third kappa shape index (κ3) is 6.27. The molecule has 4 rings (SSSR count). The molecule has 0 spiro atoms. The van der Waals surface area contributed by atoms with E-state index in [1.54, 1.807) is 25.1 Å². The van der Waals surface area contributed by atoms with Gasteiger partial charge >= 0.3 is 6.03 Å². The second-order valence-corrected chi connectivity index (χ2v) is 9.59. The number of anilines is 2. The number of nitrogens with one attached hydrogen (secondary N) is 2. The van der Waals surface area contributed by atoms with Gasteiger partial charge in [-0.1, -0.05) is 41.4 Å². The second kappa shape index (κ2) is 12.2. The molecule has 40 heavy (non-hydrogen) atoms. The number of hydrogen-bond donors (Lipinski definition) is 2. The zero-order valence-corrected chi connectivity index (χ0v) is 23.4. The topological polar surface area (TPSA) is 114 Å². The largest absolute Gasteiger partial charge is 0.490 e. The molecule has 0 bridgehead atoms. The lowest BCUT2D eigenvalue weighted by Gasteiger charge is -2.26. The smallest absolute Gasteiger partial charge is 0.335 e. The Morgan fingerprint density at radius 2 is 1.75 bits per heavy atom. The molecule has 0 saturated carbocycles. The van der Waals surface area contributed by atoms with E-state index in [2.05, 4.69) is 10.6 Å². The first-order valence-corrected chi connectivity index (χ1v) is 13.0. The molecule has 1 heterocycles. The Kier molecular flexibility index (Phi) is 8.77. The Labute approximate surface area is 240 Å². The zero-order chi connectivity index (χ0) is 29.0. The van der Waals surface area contributed by atoms with E-state index in [0.29, 0.717) is 29.4 Å². The van der Waals surface area contributed by atoms with Gasteiger partial charge in [-0.15, -0.1) is 0 Å². The van der Waals surface area contributed by atoms with Crippen LogP contribution in [0.15, 0.2) is 60.2 Å². The van der Waals surface area contributed by atoms with E-state index in [4.69, 9.17) is 32.7 Å². The predicted octanol–water partition coefficient (Wildman–Crippen LogP) is 5.69. The molecule has 206 valence electrons. The number of barbiturate groups is 1. The first-order valence-electron chi connectivity index (χ1n) is 12.2. The predicted molar refractivity (Wildman–Crippen MR) is 153 cm³/mol. The maximum absolute atomic E-state index is 13.2. The van der Waals surface area contributed by atoms with Crippen LogP contribution in [0, 0.1) is 13.8 Å². The number of hydrogen-bond acceptors (Lipinski definition) is 6. The summed E-state index contributed by atoms with van der Waals surface area (Å²) in [6.07, 6.45) is 1.33. The number of halogens is 2. The fourth-order valence-corrected chi connectivity index (χ4v) is 4.19. The lowest BCUT2D eigenvalue weighted by molar-refractivity contribution is -0.122. The zero-order valence-electron chi connectivity index (χ0n) is 21.8. The molecule has 0 atom stereocenters. The number of aryl methyl sites for hydroxylation is 1. The van der Waals surface area contributed by atoms with Crippen molar-refractivity contribution in [3.63, 3.8) is 0 Å². The van der Waals surface area contributed by atoms with Crippen LogP contribution in [-0.2, 0) is 14.4 Å². The van der Waals surface area contributed by atoms with Gasteiger partial charge in [-0.25, -0.2) is 9.69 Å². The summed E-state index contributed by atoms with van der Waals surface area (Å²) in [6.45, 7) is 5.68. The van der Waals surface area contributed by atoms with Gasteiger partial charge in [0.05, 0.1) is 22.3 Å². The highest BCUT2D eigenvalue weighted by atomic mass is 35.5. The van der Waals surface area contributed by atoms with Crippen LogP contribution in [0.1, 0.15) is 23.6 Å². The highest BCUT2D eigenvalue weighted by Crippen LogP contribution is 2.32. The average molecular weight is 582 g/mol. The molecule has 1 saturated heterocycles. The molecular weight excluding hydrogens is 557 g/mol. The lowest BCUT2D eigenvalue weighted by Crippen LogP contribution is -2.54. The van der Waals surface area contributed by atoms with E-state index in [-0.39, 0.29) is 33.8 Å². The maximum atomic E-state index is 13.2. The third-order valence-electron chi connectivity index (χ3n) is 6.08. The minimum atomic E-state index is -0.913. The summed E-state index contributed by atoms with van der Waals surface area (Å²) in [5.74, 6) is -1.44. The molecule has 5 amide bonds. The van der Waals surface area contributed by atoms with Crippen LogP contribution in [-0.4, -0.2) is 37.0 Å². The molecule has 0 aliphatic carbocycles. The minimum Gasteiger partial charge on any atom is -0.490 e. The van der Waals surface area contributed by atoms with Crippen LogP contribution in [0.5, 0.6) is 11.5 Å². The number of rotatable bonds is 8. The van der Waals surface area contributed by atoms with E-state index in [0.717, 1.165) is 16.0 Å². The van der Waals surface area contributed by atoms with Crippen LogP contribution in [0.2, 0.25) is 10.0 Å². The molecule has 1 fully saturated rings. The SMILES string of the molecule is CCOc1cc(/C=C2/C(=O)NC(=O)N(c3ccc(Cl)c(Cl)c3)C2=O)ccc1OCC(=O)Nc1cccc(C)c1C. The molecule has 9 nitrogen and oxygen atoms in total. The lowest BCUT2D eigenvalue weighted by atomic mass is 10.1. The van der Waals surface area contributed by atoms with Crippen molar-refractivity contribution in [1.29, 1.82) is 0 Å². The second-order valence-electron chi connectivity index (χ2n) is 8.78. The third-order valence-corrected chi connectivity index (χ3v) is 6.82. The molecule has 1 aliphatic rings. The van der Waals surface area contributed by atoms with E-state index >= 15 is 0 Å². The van der Waals surface area contributed by atoms with Crippen molar-refractivity contribution >= 4 is 64.4 Å². The summed E-state index contributed by atoms with van der Waals surface area (Å²) in [6, 6.07) is 13.7. The van der Waals surface area contributed by atoms with Crippen LogP contribution in [0.25, 0.3) is 6.08 Å². The number of amides is 5. The van der Waals surface area contributed by atoms with Crippen molar-refractivity contribution in [1.82, 2.24) is 5.32 Å². The molecule has 0 radical (unpaired) electrons. The summed E-state index contributed by atoms with van der Waals surface area (Å²) in [7, 11) is 0. The molecule has 11 heteroatoms.